The van der Waals surface area contributed by atoms with Gasteiger partial charge in [-0.3, -0.25) is 4.79 Å². The maximum atomic E-state index is 14.7. The highest BCUT2D eigenvalue weighted by atomic mass is 19.2. The summed E-state index contributed by atoms with van der Waals surface area (Å²) >= 11 is 0. The van der Waals surface area contributed by atoms with Gasteiger partial charge >= 0.3 is 0 Å². The van der Waals surface area contributed by atoms with Crippen LogP contribution in [0, 0.1) is 17.5 Å². The largest absolute Gasteiger partial charge is 0.373 e. The van der Waals surface area contributed by atoms with E-state index in [0.717, 1.165) is 6.07 Å². The Morgan fingerprint density at radius 1 is 1.03 bits per heavy atom. The first-order valence-corrected chi connectivity index (χ1v) is 8.76. The Kier molecular flexibility index (Phi) is 3.64. The molecule has 1 atom stereocenters. The number of aromatic nitrogens is 2. The van der Waals surface area contributed by atoms with E-state index in [1.165, 1.54) is 6.20 Å². The van der Waals surface area contributed by atoms with Gasteiger partial charge in [-0.2, -0.15) is 5.10 Å². The highest BCUT2D eigenvalue weighted by molar-refractivity contribution is 6.06. The minimum atomic E-state index is -1.26. The second kappa shape index (κ2) is 6.10. The van der Waals surface area contributed by atoms with Crippen LogP contribution in [-0.2, 0) is 0 Å². The Balaban J connectivity index is 1.89. The maximum absolute atomic E-state index is 14.7. The van der Waals surface area contributed by atoms with Gasteiger partial charge in [-0.15, -0.1) is 0 Å². The van der Waals surface area contributed by atoms with Crippen LogP contribution in [0.1, 0.15) is 27.5 Å². The Morgan fingerprint density at radius 2 is 1.79 bits per heavy atom. The third-order valence-corrected chi connectivity index (χ3v) is 5.14. The van der Waals surface area contributed by atoms with Crippen LogP contribution < -0.4 is 11.1 Å². The summed E-state index contributed by atoms with van der Waals surface area (Å²) in [7, 11) is 0. The molecule has 5 nitrogen and oxygen atoms in total. The van der Waals surface area contributed by atoms with Crippen LogP contribution in [0.15, 0.2) is 54.9 Å². The van der Waals surface area contributed by atoms with E-state index in [1.54, 1.807) is 41.0 Å². The first-order chi connectivity index (χ1) is 14.0. The number of primary amides is 1. The fraction of sp³-hybridized carbons (Fsp3) is 0.0476. The molecular weight excluding hydrogens is 381 g/mol. The van der Waals surface area contributed by atoms with Gasteiger partial charge in [-0.25, -0.2) is 17.7 Å². The summed E-state index contributed by atoms with van der Waals surface area (Å²) in [6, 6.07) is 9.33. The molecule has 4 aromatic rings. The molecule has 0 fully saturated rings. The minimum Gasteiger partial charge on any atom is -0.373 e. The molecule has 0 aliphatic carbocycles. The van der Waals surface area contributed by atoms with E-state index in [0.29, 0.717) is 34.0 Å². The molecule has 1 aliphatic rings. The molecule has 144 valence electrons. The first-order valence-electron chi connectivity index (χ1n) is 8.76. The molecule has 2 aromatic heterocycles. The first kappa shape index (κ1) is 17.3. The van der Waals surface area contributed by atoms with Gasteiger partial charge in [0.1, 0.15) is 5.82 Å². The van der Waals surface area contributed by atoms with Crippen LogP contribution in [0.5, 0.6) is 0 Å². The Morgan fingerprint density at radius 3 is 2.59 bits per heavy atom. The smallest absolute Gasteiger partial charge is 0.251 e. The van der Waals surface area contributed by atoms with Gasteiger partial charge in [0.15, 0.2) is 11.6 Å². The van der Waals surface area contributed by atoms with Gasteiger partial charge in [-0.1, -0.05) is 18.2 Å². The standard InChI is InChI=1S/C21H13F3N4O/c22-14-8-16(24)15(23)7-12(14)19-11-5-6-28-20(11)18(13(9-26-28)21(25)29)10-3-1-2-4-17(10)27-19/h1-9,19,27H,(H2,25,29). The number of nitrogens with one attached hydrogen (secondary N) is 1. The number of amides is 1. The van der Waals surface area contributed by atoms with E-state index >= 15 is 0 Å². The lowest BCUT2D eigenvalue weighted by Gasteiger charge is -2.20. The van der Waals surface area contributed by atoms with Crippen LogP contribution in [0.25, 0.3) is 16.6 Å². The van der Waals surface area contributed by atoms with E-state index in [-0.39, 0.29) is 11.1 Å². The molecule has 1 amide bonds. The number of benzene rings is 2. The van der Waals surface area contributed by atoms with Gasteiger partial charge in [0.05, 0.1) is 23.3 Å². The van der Waals surface area contributed by atoms with Crippen molar-refractivity contribution in [3.8, 4) is 11.1 Å². The normalized spacial score (nSPS) is 14.9. The third kappa shape index (κ3) is 2.49. The Hall–Kier alpha value is -3.81. The fourth-order valence-corrected chi connectivity index (χ4v) is 3.86. The van der Waals surface area contributed by atoms with Crippen LogP contribution in [0.3, 0.4) is 0 Å². The van der Waals surface area contributed by atoms with E-state index in [2.05, 4.69) is 10.4 Å². The molecule has 8 heteroatoms. The number of nitrogens with zero attached hydrogens (tertiary/aromatic N) is 2. The maximum Gasteiger partial charge on any atom is 0.251 e. The molecule has 1 aliphatic heterocycles. The lowest BCUT2D eigenvalue weighted by Crippen LogP contribution is -2.14. The molecule has 3 N–H and O–H groups in total. The van der Waals surface area contributed by atoms with Crippen molar-refractivity contribution in [3.63, 3.8) is 0 Å². The summed E-state index contributed by atoms with van der Waals surface area (Å²) in [4.78, 5) is 12.1. The summed E-state index contributed by atoms with van der Waals surface area (Å²) in [5.74, 6) is -3.96. The Bertz CT molecular complexity index is 1320. The van der Waals surface area contributed by atoms with Gasteiger partial charge in [0.25, 0.3) is 5.91 Å². The van der Waals surface area contributed by atoms with Crippen molar-refractivity contribution in [1.29, 1.82) is 0 Å². The summed E-state index contributed by atoms with van der Waals surface area (Å²) in [5, 5.41) is 7.42. The number of rotatable bonds is 2. The second-order valence-corrected chi connectivity index (χ2v) is 6.77. The summed E-state index contributed by atoms with van der Waals surface area (Å²) in [6.07, 6.45) is 3.03. The molecule has 29 heavy (non-hydrogen) atoms. The monoisotopic (exact) mass is 394 g/mol. The van der Waals surface area contributed by atoms with E-state index in [9.17, 15) is 18.0 Å². The molecule has 0 spiro atoms. The number of para-hydroxylation sites is 1. The summed E-state index contributed by atoms with van der Waals surface area (Å²) < 4.78 is 43.6. The van der Waals surface area contributed by atoms with Crippen LogP contribution in [-0.4, -0.2) is 15.5 Å². The van der Waals surface area contributed by atoms with Crippen LogP contribution >= 0.6 is 0 Å². The van der Waals surface area contributed by atoms with Gasteiger partial charge < -0.3 is 11.1 Å². The van der Waals surface area contributed by atoms with Gasteiger partial charge in [0, 0.05) is 40.2 Å². The number of anilines is 1. The van der Waals surface area contributed by atoms with E-state index in [4.69, 9.17) is 5.73 Å². The van der Waals surface area contributed by atoms with Crippen molar-refractivity contribution in [2.24, 2.45) is 5.73 Å². The van der Waals surface area contributed by atoms with Gasteiger partial charge in [0.2, 0.25) is 0 Å². The van der Waals surface area contributed by atoms with Gasteiger partial charge in [-0.05, 0) is 18.2 Å². The van der Waals surface area contributed by atoms with Crippen molar-refractivity contribution in [2.45, 2.75) is 6.04 Å². The van der Waals surface area contributed by atoms with E-state index in [1.807, 2.05) is 0 Å². The number of carbonyl (C=O) groups is 1. The minimum absolute atomic E-state index is 0.0656. The zero-order valence-electron chi connectivity index (χ0n) is 14.8. The third-order valence-electron chi connectivity index (χ3n) is 5.14. The highest BCUT2D eigenvalue weighted by Crippen LogP contribution is 2.44. The summed E-state index contributed by atoms with van der Waals surface area (Å²) in [5.41, 5.74) is 8.61. The second-order valence-electron chi connectivity index (χ2n) is 6.77. The number of hydrogen-bond donors (Lipinski definition) is 2. The molecular formula is C21H13F3N4O. The number of carbonyl (C=O) groups excluding carboxylic acids is 1. The summed E-state index contributed by atoms with van der Waals surface area (Å²) in [6.45, 7) is 0. The molecule has 0 bridgehead atoms. The van der Waals surface area contributed by atoms with Crippen molar-refractivity contribution in [3.05, 3.63) is 89.0 Å². The van der Waals surface area contributed by atoms with Crippen LogP contribution in [0.4, 0.5) is 18.9 Å². The van der Waals surface area contributed by atoms with E-state index < -0.39 is 29.4 Å². The molecule has 0 radical (unpaired) electrons. The number of hydrogen-bond acceptors (Lipinski definition) is 3. The molecule has 1 unspecified atom stereocenters. The molecule has 0 saturated heterocycles. The van der Waals surface area contributed by atoms with Crippen LogP contribution in [0.2, 0.25) is 0 Å². The SMILES string of the molecule is NC(=O)c1cnn2ccc3c2c1-c1ccccc1NC3c1cc(F)c(F)cc1F. The lowest BCUT2D eigenvalue weighted by molar-refractivity contribution is 0.100. The molecule has 0 saturated carbocycles. The average molecular weight is 394 g/mol. The molecule has 5 rings (SSSR count). The van der Waals surface area contributed by atoms with Crippen molar-refractivity contribution in [2.75, 3.05) is 5.32 Å². The number of fused-ring (bicyclic) bond motifs is 2. The molecule has 3 heterocycles. The van der Waals surface area contributed by atoms with Crippen molar-refractivity contribution >= 4 is 17.1 Å². The average Bonchev–Trinajstić information content (AvgIpc) is 3.06. The predicted molar refractivity (Wildman–Crippen MR) is 101 cm³/mol. The molecule has 2 aromatic carbocycles. The number of halogens is 3. The zero-order chi connectivity index (χ0) is 20.3. The fourth-order valence-electron chi connectivity index (χ4n) is 3.86. The number of nitrogens with two attached hydrogens (primary N) is 1. The van der Waals surface area contributed by atoms with Crippen molar-refractivity contribution in [1.82, 2.24) is 9.61 Å². The lowest BCUT2D eigenvalue weighted by atomic mass is 9.96. The predicted octanol–water partition coefficient (Wildman–Crippen LogP) is 4.03. The topological polar surface area (TPSA) is 72.4 Å². The zero-order valence-corrected chi connectivity index (χ0v) is 14.8. The highest BCUT2D eigenvalue weighted by Gasteiger charge is 2.30. The van der Waals surface area contributed by atoms with Crippen molar-refractivity contribution < 1.29 is 18.0 Å². The quantitative estimate of drug-likeness (QED) is 0.504. The Labute approximate surface area is 162 Å².